The second kappa shape index (κ2) is 8.36. The quantitative estimate of drug-likeness (QED) is 0.534. The molecule has 3 nitrogen and oxygen atoms in total. The molecule has 4 rings (SSSR count). The zero-order chi connectivity index (χ0) is 19.5. The molecule has 2 aromatic carbocycles. The summed E-state index contributed by atoms with van der Waals surface area (Å²) in [4.78, 5) is 3.36. The van der Waals surface area contributed by atoms with Crippen LogP contribution in [0.1, 0.15) is 36.0 Å². The van der Waals surface area contributed by atoms with Gasteiger partial charge in [0.1, 0.15) is 17.3 Å². The molecule has 4 heteroatoms. The summed E-state index contributed by atoms with van der Waals surface area (Å²) in [5.41, 5.74) is 4.96. The van der Waals surface area contributed by atoms with E-state index in [1.54, 1.807) is 0 Å². The predicted octanol–water partition coefficient (Wildman–Crippen LogP) is 5.50. The van der Waals surface area contributed by atoms with Gasteiger partial charge in [0.05, 0.1) is 6.54 Å². The zero-order valence-corrected chi connectivity index (χ0v) is 17.6. The van der Waals surface area contributed by atoms with Crippen LogP contribution in [0.2, 0.25) is 0 Å². The largest absolute Gasteiger partial charge is 0.492 e. The number of benzene rings is 2. The van der Waals surface area contributed by atoms with Crippen molar-refractivity contribution < 1.29 is 4.74 Å². The van der Waals surface area contributed by atoms with E-state index < -0.39 is 0 Å². The van der Waals surface area contributed by atoms with E-state index in [-0.39, 0.29) is 0 Å². The third-order valence-electron chi connectivity index (χ3n) is 5.74. The molecule has 2 heterocycles. The highest BCUT2D eigenvalue weighted by Gasteiger charge is 2.19. The number of hydrogen-bond donors (Lipinski definition) is 0. The van der Waals surface area contributed by atoms with Gasteiger partial charge in [0.15, 0.2) is 0 Å². The number of piperidine rings is 1. The van der Waals surface area contributed by atoms with Crippen LogP contribution in [0.4, 0.5) is 0 Å². The maximum absolute atomic E-state index is 6.02. The molecule has 1 aliphatic heterocycles. The summed E-state index contributed by atoms with van der Waals surface area (Å²) in [5.74, 6) is 0.934. The zero-order valence-electron chi connectivity index (χ0n) is 16.8. The summed E-state index contributed by atoms with van der Waals surface area (Å²) < 4.78 is 8.30. The van der Waals surface area contributed by atoms with Crippen LogP contribution in [-0.4, -0.2) is 34.2 Å². The van der Waals surface area contributed by atoms with Crippen molar-refractivity contribution in [2.75, 3.05) is 19.7 Å². The lowest BCUT2D eigenvalue weighted by Gasteiger charge is -2.28. The van der Waals surface area contributed by atoms with Crippen molar-refractivity contribution in [3.05, 3.63) is 65.4 Å². The monoisotopic (exact) mass is 392 g/mol. The van der Waals surface area contributed by atoms with E-state index in [1.165, 1.54) is 46.9 Å². The van der Waals surface area contributed by atoms with Crippen molar-refractivity contribution in [2.24, 2.45) is 0 Å². The molecule has 0 amide bonds. The van der Waals surface area contributed by atoms with Crippen LogP contribution < -0.4 is 4.74 Å². The van der Waals surface area contributed by atoms with Gasteiger partial charge in [-0.1, -0.05) is 36.5 Å². The fourth-order valence-corrected chi connectivity index (χ4v) is 4.28. The number of ether oxygens (including phenoxy) is 1. The lowest BCUT2D eigenvalue weighted by atomic mass is 10.1. The van der Waals surface area contributed by atoms with Gasteiger partial charge in [0.25, 0.3) is 0 Å². The molecule has 0 unspecified atom stereocenters. The molecule has 0 saturated carbocycles. The molecule has 0 bridgehead atoms. The minimum atomic E-state index is 0.636. The molecule has 1 saturated heterocycles. The van der Waals surface area contributed by atoms with E-state index in [0.29, 0.717) is 6.61 Å². The maximum atomic E-state index is 6.02. The third kappa shape index (κ3) is 3.93. The van der Waals surface area contributed by atoms with Crippen LogP contribution in [0.3, 0.4) is 0 Å². The van der Waals surface area contributed by atoms with Gasteiger partial charge in [-0.05, 0) is 62.4 Å². The van der Waals surface area contributed by atoms with E-state index in [1.807, 2.05) is 6.07 Å². The van der Waals surface area contributed by atoms with Gasteiger partial charge in [-0.25, -0.2) is 0 Å². The number of likely N-dealkylation sites (tertiary alicyclic amines) is 1. The van der Waals surface area contributed by atoms with Crippen molar-refractivity contribution in [3.8, 4) is 5.75 Å². The number of fused-ring (bicyclic) bond motifs is 1. The van der Waals surface area contributed by atoms with Crippen molar-refractivity contribution in [3.63, 3.8) is 0 Å². The molecular formula is C24H28N2OS. The van der Waals surface area contributed by atoms with E-state index in [9.17, 15) is 0 Å². The van der Waals surface area contributed by atoms with Crippen molar-refractivity contribution in [2.45, 2.75) is 39.7 Å². The van der Waals surface area contributed by atoms with Gasteiger partial charge >= 0.3 is 0 Å². The summed E-state index contributed by atoms with van der Waals surface area (Å²) in [6.07, 6.45) is 6.01. The second-order valence-corrected chi connectivity index (χ2v) is 8.09. The van der Waals surface area contributed by atoms with E-state index in [4.69, 9.17) is 17.0 Å². The van der Waals surface area contributed by atoms with E-state index in [0.717, 1.165) is 30.4 Å². The lowest BCUT2D eigenvalue weighted by Crippen LogP contribution is -2.34. The molecule has 1 aromatic heterocycles. The SMILES string of the molecule is Cc1ccc(OCCn2cc(C(=S)N3CCCCC3)c3ccccc32)cc1C. The molecule has 0 atom stereocenters. The van der Waals surface area contributed by atoms with Crippen molar-refractivity contribution in [1.29, 1.82) is 0 Å². The van der Waals surface area contributed by atoms with Crippen molar-refractivity contribution in [1.82, 2.24) is 9.47 Å². The average Bonchev–Trinajstić information content (AvgIpc) is 3.09. The molecule has 0 spiro atoms. The Bertz CT molecular complexity index is 985. The molecular weight excluding hydrogens is 364 g/mol. The Morgan fingerprint density at radius 1 is 1.00 bits per heavy atom. The molecule has 1 fully saturated rings. The van der Waals surface area contributed by atoms with Crippen LogP contribution in [0.15, 0.2) is 48.7 Å². The Morgan fingerprint density at radius 3 is 2.57 bits per heavy atom. The van der Waals surface area contributed by atoms with Gasteiger partial charge in [0, 0.05) is 35.8 Å². The molecule has 28 heavy (non-hydrogen) atoms. The van der Waals surface area contributed by atoms with Crippen LogP contribution >= 0.6 is 12.2 Å². The first-order valence-electron chi connectivity index (χ1n) is 10.2. The first kappa shape index (κ1) is 19.0. The van der Waals surface area contributed by atoms with E-state index in [2.05, 4.69) is 65.9 Å². The Balaban J connectivity index is 1.52. The standard InChI is InChI=1S/C24H28N2OS/c1-18-10-11-20(16-19(18)2)27-15-14-26-17-22(21-8-4-5-9-23(21)26)24(28)25-12-6-3-7-13-25/h4-5,8-11,16-17H,3,6-7,12-15H2,1-2H3. The minimum absolute atomic E-state index is 0.636. The Morgan fingerprint density at radius 2 is 1.79 bits per heavy atom. The highest BCUT2D eigenvalue weighted by atomic mass is 32.1. The van der Waals surface area contributed by atoms with Gasteiger partial charge in [-0.15, -0.1) is 0 Å². The number of para-hydroxylation sites is 1. The fourth-order valence-electron chi connectivity index (χ4n) is 3.94. The summed E-state index contributed by atoms with van der Waals surface area (Å²) in [7, 11) is 0. The minimum Gasteiger partial charge on any atom is -0.492 e. The Kier molecular flexibility index (Phi) is 5.67. The first-order valence-corrected chi connectivity index (χ1v) is 10.6. The summed E-state index contributed by atoms with van der Waals surface area (Å²) >= 11 is 5.88. The number of hydrogen-bond acceptors (Lipinski definition) is 2. The molecule has 0 aliphatic carbocycles. The number of nitrogens with zero attached hydrogens (tertiary/aromatic N) is 2. The lowest BCUT2D eigenvalue weighted by molar-refractivity contribution is 0.300. The average molecular weight is 393 g/mol. The van der Waals surface area contributed by atoms with E-state index >= 15 is 0 Å². The van der Waals surface area contributed by atoms with Crippen LogP contribution in [-0.2, 0) is 6.54 Å². The van der Waals surface area contributed by atoms with Crippen molar-refractivity contribution >= 4 is 28.1 Å². The second-order valence-electron chi connectivity index (χ2n) is 7.70. The number of rotatable bonds is 5. The summed E-state index contributed by atoms with van der Waals surface area (Å²) in [5, 5.41) is 1.24. The first-order chi connectivity index (χ1) is 13.6. The maximum Gasteiger partial charge on any atom is 0.119 e. The summed E-state index contributed by atoms with van der Waals surface area (Å²) in [6.45, 7) is 7.84. The molecule has 0 N–H and O–H groups in total. The highest BCUT2D eigenvalue weighted by Crippen LogP contribution is 2.25. The Hall–Kier alpha value is -2.33. The Labute approximate surface area is 172 Å². The van der Waals surface area contributed by atoms with Crippen LogP contribution in [0, 0.1) is 13.8 Å². The highest BCUT2D eigenvalue weighted by molar-refractivity contribution is 7.80. The topological polar surface area (TPSA) is 17.4 Å². The molecule has 1 aliphatic rings. The number of aryl methyl sites for hydroxylation is 2. The summed E-state index contributed by atoms with van der Waals surface area (Å²) in [6, 6.07) is 14.8. The number of thiocarbonyl (C=S) groups is 1. The number of aromatic nitrogens is 1. The molecule has 3 aromatic rings. The third-order valence-corrected chi connectivity index (χ3v) is 6.22. The fraction of sp³-hybridized carbons (Fsp3) is 0.375. The van der Waals surface area contributed by atoms with Crippen LogP contribution in [0.25, 0.3) is 10.9 Å². The van der Waals surface area contributed by atoms with Crippen LogP contribution in [0.5, 0.6) is 5.75 Å². The smallest absolute Gasteiger partial charge is 0.119 e. The van der Waals surface area contributed by atoms with Gasteiger partial charge in [0.2, 0.25) is 0 Å². The molecule has 0 radical (unpaired) electrons. The normalized spacial score (nSPS) is 14.4. The van der Waals surface area contributed by atoms with Gasteiger partial charge in [-0.2, -0.15) is 0 Å². The van der Waals surface area contributed by atoms with Gasteiger partial charge in [-0.3, -0.25) is 0 Å². The molecule has 146 valence electrons. The predicted molar refractivity (Wildman–Crippen MR) is 120 cm³/mol. The van der Waals surface area contributed by atoms with Gasteiger partial charge < -0.3 is 14.2 Å².